The van der Waals surface area contributed by atoms with Crippen LogP contribution in [0.4, 0.5) is 0 Å². The minimum Gasteiger partial charge on any atom is -0.493 e. The molecule has 0 fully saturated rings. The smallest absolute Gasteiger partial charge is 0.335 e. The van der Waals surface area contributed by atoms with Crippen molar-refractivity contribution in [1.82, 2.24) is 4.98 Å². The van der Waals surface area contributed by atoms with Crippen molar-refractivity contribution >= 4 is 17.6 Å². The van der Waals surface area contributed by atoms with Crippen LogP contribution < -0.4 is 9.47 Å². The van der Waals surface area contributed by atoms with Crippen LogP contribution in [0.25, 0.3) is 0 Å². The lowest BCUT2D eigenvalue weighted by Gasteiger charge is -2.11. The number of carboxylic acid groups (broad SMARTS) is 1. The zero-order valence-electron chi connectivity index (χ0n) is 9.96. The van der Waals surface area contributed by atoms with E-state index < -0.39 is 5.97 Å². The Morgan fingerprint density at radius 2 is 2.05 bits per heavy atom. The van der Waals surface area contributed by atoms with E-state index >= 15 is 0 Å². The van der Waals surface area contributed by atoms with Gasteiger partial charge in [-0.15, -0.1) is 0 Å². The summed E-state index contributed by atoms with van der Waals surface area (Å²) in [6.45, 7) is 0. The van der Waals surface area contributed by atoms with Crippen LogP contribution in [0.5, 0.6) is 17.2 Å². The fraction of sp³-hybridized carbons (Fsp3) is 0.0769. The Kier molecular flexibility index (Phi) is 3.87. The number of pyridine rings is 1. The summed E-state index contributed by atoms with van der Waals surface area (Å²) in [5, 5.41) is 9.29. The first kappa shape index (κ1) is 13.2. The van der Waals surface area contributed by atoms with E-state index in [4.69, 9.17) is 26.2 Å². The average Bonchev–Trinajstić information content (AvgIpc) is 2.41. The average molecular weight is 280 g/mol. The number of ether oxygens (including phenoxy) is 2. The molecule has 0 unspecified atom stereocenters. The maximum absolute atomic E-state index is 10.9. The molecule has 0 bridgehead atoms. The van der Waals surface area contributed by atoms with Crippen LogP contribution in [-0.4, -0.2) is 23.2 Å². The second-order valence-corrected chi connectivity index (χ2v) is 3.99. The summed E-state index contributed by atoms with van der Waals surface area (Å²) in [5.74, 6) is 0.0132. The summed E-state index contributed by atoms with van der Waals surface area (Å²) < 4.78 is 10.7. The Hall–Kier alpha value is -2.27. The number of benzene rings is 1. The van der Waals surface area contributed by atoms with Crippen LogP contribution in [0.3, 0.4) is 0 Å². The summed E-state index contributed by atoms with van der Waals surface area (Å²) in [6.07, 6.45) is 2.96. The summed E-state index contributed by atoms with van der Waals surface area (Å²) in [6, 6.07) is 5.91. The zero-order chi connectivity index (χ0) is 13.8. The van der Waals surface area contributed by atoms with Gasteiger partial charge < -0.3 is 14.6 Å². The fourth-order valence-corrected chi connectivity index (χ4v) is 1.61. The van der Waals surface area contributed by atoms with Crippen molar-refractivity contribution in [3.63, 3.8) is 0 Å². The molecule has 0 radical (unpaired) electrons. The molecule has 98 valence electrons. The van der Waals surface area contributed by atoms with Crippen LogP contribution >= 0.6 is 11.6 Å². The van der Waals surface area contributed by atoms with E-state index in [0.717, 1.165) is 0 Å². The van der Waals surface area contributed by atoms with Crippen LogP contribution in [-0.2, 0) is 0 Å². The van der Waals surface area contributed by atoms with E-state index in [2.05, 4.69) is 4.98 Å². The van der Waals surface area contributed by atoms with Gasteiger partial charge in [0.2, 0.25) is 0 Å². The lowest BCUT2D eigenvalue weighted by molar-refractivity contribution is 0.0696. The molecule has 0 saturated heterocycles. The van der Waals surface area contributed by atoms with Gasteiger partial charge in [-0.25, -0.2) is 4.79 Å². The van der Waals surface area contributed by atoms with Crippen LogP contribution in [0.1, 0.15) is 10.4 Å². The van der Waals surface area contributed by atoms with E-state index in [1.807, 2.05) is 0 Å². The van der Waals surface area contributed by atoms with Gasteiger partial charge in [-0.3, -0.25) is 4.98 Å². The van der Waals surface area contributed by atoms with Gasteiger partial charge in [-0.2, -0.15) is 0 Å². The molecule has 0 atom stereocenters. The van der Waals surface area contributed by atoms with Gasteiger partial charge in [-0.05, 0) is 18.2 Å². The monoisotopic (exact) mass is 279 g/mol. The molecule has 1 heterocycles. The summed E-state index contributed by atoms with van der Waals surface area (Å²) in [4.78, 5) is 14.8. The standard InChI is InChI=1S/C13H10ClNO4/c1-18-11-3-2-8(13(16)17)6-12(11)19-10-4-5-15-7-9(10)14/h2-7H,1H3,(H,16,17). The molecule has 1 aromatic heterocycles. The number of rotatable bonds is 4. The number of aromatic carboxylic acids is 1. The maximum atomic E-state index is 10.9. The molecule has 2 aromatic rings. The molecule has 2 rings (SSSR count). The molecule has 1 aromatic carbocycles. The van der Waals surface area contributed by atoms with Crippen molar-refractivity contribution in [2.75, 3.05) is 7.11 Å². The molecular formula is C13H10ClNO4. The highest BCUT2D eigenvalue weighted by Gasteiger charge is 2.12. The predicted octanol–water partition coefficient (Wildman–Crippen LogP) is 3.23. The van der Waals surface area contributed by atoms with Gasteiger partial charge in [0.1, 0.15) is 10.8 Å². The van der Waals surface area contributed by atoms with Crippen molar-refractivity contribution in [1.29, 1.82) is 0 Å². The van der Waals surface area contributed by atoms with Gasteiger partial charge in [0, 0.05) is 18.5 Å². The first-order valence-electron chi connectivity index (χ1n) is 5.30. The number of carbonyl (C=O) groups is 1. The molecular weight excluding hydrogens is 270 g/mol. The SMILES string of the molecule is COc1ccc(C(=O)O)cc1Oc1ccncc1Cl. The normalized spacial score (nSPS) is 10.0. The second-order valence-electron chi connectivity index (χ2n) is 3.58. The number of carboxylic acids is 1. The highest BCUT2D eigenvalue weighted by atomic mass is 35.5. The molecule has 0 aliphatic heterocycles. The Morgan fingerprint density at radius 3 is 2.68 bits per heavy atom. The molecule has 5 nitrogen and oxygen atoms in total. The number of halogens is 1. The Bertz CT molecular complexity index is 615. The Balaban J connectivity index is 2.40. The van der Waals surface area contributed by atoms with Gasteiger partial charge >= 0.3 is 5.97 Å². The second kappa shape index (κ2) is 5.58. The van der Waals surface area contributed by atoms with Crippen LogP contribution in [0.15, 0.2) is 36.7 Å². The molecule has 1 N–H and O–H groups in total. The Labute approximate surface area is 114 Å². The molecule has 0 amide bonds. The van der Waals surface area contributed by atoms with E-state index in [1.165, 1.54) is 37.7 Å². The van der Waals surface area contributed by atoms with Crippen molar-refractivity contribution in [3.05, 3.63) is 47.2 Å². The lowest BCUT2D eigenvalue weighted by atomic mass is 10.2. The predicted molar refractivity (Wildman–Crippen MR) is 69.3 cm³/mol. The maximum Gasteiger partial charge on any atom is 0.335 e. The highest BCUT2D eigenvalue weighted by Crippen LogP contribution is 2.35. The molecule has 6 heteroatoms. The molecule has 0 spiro atoms. The molecule has 0 aliphatic rings. The minimum absolute atomic E-state index is 0.0981. The largest absolute Gasteiger partial charge is 0.493 e. The number of methoxy groups -OCH3 is 1. The lowest BCUT2D eigenvalue weighted by Crippen LogP contribution is -1.98. The van der Waals surface area contributed by atoms with Crippen LogP contribution in [0, 0.1) is 0 Å². The summed E-state index contributed by atoms with van der Waals surface area (Å²) in [7, 11) is 1.47. The molecule has 0 saturated carbocycles. The minimum atomic E-state index is -1.05. The van der Waals surface area contributed by atoms with Crippen molar-refractivity contribution in [2.24, 2.45) is 0 Å². The third-order valence-corrected chi connectivity index (χ3v) is 2.65. The Morgan fingerprint density at radius 1 is 1.26 bits per heavy atom. The van der Waals surface area contributed by atoms with Gasteiger partial charge in [0.25, 0.3) is 0 Å². The summed E-state index contributed by atoms with van der Waals surface area (Å²) in [5.41, 5.74) is 0.0981. The third kappa shape index (κ3) is 2.95. The molecule has 19 heavy (non-hydrogen) atoms. The number of nitrogens with zero attached hydrogens (tertiary/aromatic N) is 1. The third-order valence-electron chi connectivity index (χ3n) is 2.37. The van der Waals surface area contributed by atoms with E-state index in [1.54, 1.807) is 6.07 Å². The van der Waals surface area contributed by atoms with Crippen molar-refractivity contribution in [3.8, 4) is 17.2 Å². The quantitative estimate of drug-likeness (QED) is 0.930. The van der Waals surface area contributed by atoms with E-state index in [0.29, 0.717) is 16.5 Å². The fourth-order valence-electron chi connectivity index (χ4n) is 1.45. The van der Waals surface area contributed by atoms with Gasteiger partial charge in [-0.1, -0.05) is 11.6 Å². The summed E-state index contributed by atoms with van der Waals surface area (Å²) >= 11 is 5.93. The van der Waals surface area contributed by atoms with Crippen LogP contribution in [0.2, 0.25) is 5.02 Å². The highest BCUT2D eigenvalue weighted by molar-refractivity contribution is 6.31. The number of aromatic nitrogens is 1. The van der Waals surface area contributed by atoms with E-state index in [9.17, 15) is 4.79 Å². The number of hydrogen-bond donors (Lipinski definition) is 1. The van der Waals surface area contributed by atoms with Crippen molar-refractivity contribution < 1.29 is 19.4 Å². The first-order chi connectivity index (χ1) is 9.11. The molecule has 0 aliphatic carbocycles. The van der Waals surface area contributed by atoms with Gasteiger partial charge in [0.05, 0.1) is 12.7 Å². The first-order valence-corrected chi connectivity index (χ1v) is 5.68. The zero-order valence-corrected chi connectivity index (χ0v) is 10.7. The van der Waals surface area contributed by atoms with Crippen molar-refractivity contribution in [2.45, 2.75) is 0 Å². The van der Waals surface area contributed by atoms with Gasteiger partial charge in [0.15, 0.2) is 11.5 Å². The number of hydrogen-bond acceptors (Lipinski definition) is 4. The topological polar surface area (TPSA) is 68.7 Å². The van der Waals surface area contributed by atoms with E-state index in [-0.39, 0.29) is 11.3 Å².